The number of nitrogens with zero attached hydrogens (tertiary/aromatic N) is 4. The molecule has 4 rings (SSSR count). The molecule has 0 bridgehead atoms. The van der Waals surface area contributed by atoms with Crippen LogP contribution in [0.15, 0.2) is 55.1 Å². The molecule has 3 heterocycles. The Morgan fingerprint density at radius 1 is 0.903 bits per heavy atom. The first-order valence-electron chi connectivity index (χ1n) is 10.1. The predicted octanol–water partition coefficient (Wildman–Crippen LogP) is 2.47. The molecule has 2 aromatic heterocycles. The average molecular weight is 419 g/mol. The third-order valence-corrected chi connectivity index (χ3v) is 5.84. The van der Waals surface area contributed by atoms with Gasteiger partial charge in [0.15, 0.2) is 11.6 Å². The number of carbonyl (C=O) groups excluding carboxylic acids is 2. The Bertz CT molecular complexity index is 1020. The van der Waals surface area contributed by atoms with Gasteiger partial charge < -0.3 is 5.32 Å². The summed E-state index contributed by atoms with van der Waals surface area (Å²) in [4.78, 5) is 42.9. The second-order valence-electron chi connectivity index (χ2n) is 7.64. The van der Waals surface area contributed by atoms with E-state index >= 15 is 0 Å². The van der Waals surface area contributed by atoms with Crippen LogP contribution in [0, 0.1) is 30.5 Å². The number of halogens is 1. The topological polar surface area (TPSA) is 97.7 Å². The zero-order valence-electron chi connectivity index (χ0n) is 17.0. The van der Waals surface area contributed by atoms with Crippen LogP contribution >= 0.6 is 0 Å². The molecule has 1 fully saturated rings. The van der Waals surface area contributed by atoms with Crippen molar-refractivity contribution in [2.75, 3.05) is 13.1 Å². The quantitative estimate of drug-likeness (QED) is 0.613. The van der Waals surface area contributed by atoms with Crippen molar-refractivity contribution in [3.8, 4) is 0 Å². The largest absolute Gasteiger partial charge is 0.315 e. The van der Waals surface area contributed by atoms with Gasteiger partial charge in [-0.1, -0.05) is 12.1 Å². The molecule has 1 aromatic carbocycles. The van der Waals surface area contributed by atoms with Crippen LogP contribution in [-0.4, -0.2) is 44.6 Å². The Kier molecular flexibility index (Phi) is 6.18. The molecule has 1 saturated heterocycles. The minimum absolute atomic E-state index is 0.110. The minimum Gasteiger partial charge on any atom is -0.315 e. The summed E-state index contributed by atoms with van der Waals surface area (Å²) >= 11 is 0. The van der Waals surface area contributed by atoms with Crippen molar-refractivity contribution >= 4 is 11.6 Å². The number of Topliss-reactive ketones (excluding diaryl/α,β-unsaturated/α-hetero) is 2. The number of carbonyl (C=O) groups is 2. The second-order valence-corrected chi connectivity index (χ2v) is 7.64. The Labute approximate surface area is 179 Å². The number of piperidine rings is 1. The second kappa shape index (κ2) is 9.18. The number of aromatic nitrogens is 4. The predicted molar refractivity (Wildman–Crippen MR) is 111 cm³/mol. The summed E-state index contributed by atoms with van der Waals surface area (Å²) in [5.41, 5.74) is 1.29. The molecule has 0 spiro atoms. The van der Waals surface area contributed by atoms with Crippen molar-refractivity contribution in [2.24, 2.45) is 17.8 Å². The molecule has 0 amide bonds. The fraction of sp³-hybridized carbons (Fsp3) is 0.304. The van der Waals surface area contributed by atoms with Crippen molar-refractivity contribution in [1.29, 1.82) is 0 Å². The van der Waals surface area contributed by atoms with E-state index in [1.54, 1.807) is 25.1 Å². The van der Waals surface area contributed by atoms with Crippen LogP contribution < -0.4 is 5.32 Å². The number of hydrogen-bond acceptors (Lipinski definition) is 7. The Morgan fingerprint density at radius 3 is 1.94 bits per heavy atom. The molecular formula is C23H22FN5O2. The van der Waals surface area contributed by atoms with Crippen LogP contribution in [0.5, 0.6) is 0 Å². The lowest BCUT2D eigenvalue weighted by Crippen LogP contribution is -2.50. The van der Waals surface area contributed by atoms with Crippen molar-refractivity contribution < 1.29 is 14.0 Å². The van der Waals surface area contributed by atoms with Crippen molar-refractivity contribution in [2.45, 2.75) is 13.3 Å². The van der Waals surface area contributed by atoms with E-state index in [9.17, 15) is 14.0 Å². The van der Waals surface area contributed by atoms with Crippen LogP contribution in [0.2, 0.25) is 0 Å². The minimum atomic E-state index is -0.545. The van der Waals surface area contributed by atoms with Gasteiger partial charge in [0.25, 0.3) is 0 Å². The first-order valence-corrected chi connectivity index (χ1v) is 10.1. The van der Waals surface area contributed by atoms with Gasteiger partial charge in [-0.2, -0.15) is 0 Å². The van der Waals surface area contributed by atoms with Gasteiger partial charge in [-0.25, -0.2) is 24.3 Å². The van der Waals surface area contributed by atoms with Crippen molar-refractivity contribution in [3.63, 3.8) is 0 Å². The van der Waals surface area contributed by atoms with E-state index in [0.717, 1.165) is 5.56 Å². The maximum absolute atomic E-state index is 14.2. The molecule has 158 valence electrons. The molecule has 31 heavy (non-hydrogen) atoms. The fourth-order valence-electron chi connectivity index (χ4n) is 4.15. The van der Waals surface area contributed by atoms with Crippen LogP contribution in [0.4, 0.5) is 4.39 Å². The van der Waals surface area contributed by atoms with Gasteiger partial charge in [0, 0.05) is 49.7 Å². The van der Waals surface area contributed by atoms with Crippen LogP contribution in [0.25, 0.3) is 0 Å². The molecule has 3 atom stereocenters. The summed E-state index contributed by atoms with van der Waals surface area (Å²) < 4.78 is 14.2. The zero-order chi connectivity index (χ0) is 21.8. The van der Waals surface area contributed by atoms with E-state index in [1.807, 2.05) is 6.07 Å². The lowest BCUT2D eigenvalue weighted by Gasteiger charge is -2.37. The normalized spacial score (nSPS) is 20.9. The van der Waals surface area contributed by atoms with Gasteiger partial charge in [-0.05, 0) is 48.6 Å². The number of hydrogen-bond donors (Lipinski definition) is 1. The monoisotopic (exact) mass is 419 g/mol. The van der Waals surface area contributed by atoms with Gasteiger partial charge in [0.1, 0.15) is 5.82 Å². The summed E-state index contributed by atoms with van der Waals surface area (Å²) in [5, 5.41) is 3.20. The first kappa shape index (κ1) is 20.9. The average Bonchev–Trinajstić information content (AvgIpc) is 2.82. The van der Waals surface area contributed by atoms with E-state index in [2.05, 4.69) is 25.3 Å². The lowest BCUT2D eigenvalue weighted by atomic mass is 9.71. The third kappa shape index (κ3) is 4.39. The zero-order valence-corrected chi connectivity index (χ0v) is 17.0. The maximum Gasteiger partial charge on any atom is 0.204 e. The molecule has 1 aliphatic heterocycles. The summed E-state index contributed by atoms with van der Waals surface area (Å²) in [7, 11) is 0. The van der Waals surface area contributed by atoms with E-state index in [4.69, 9.17) is 0 Å². The Hall–Kier alpha value is -3.39. The number of nitrogens with one attached hydrogen (secondary N) is 1. The molecule has 0 aliphatic carbocycles. The van der Waals surface area contributed by atoms with Crippen molar-refractivity contribution in [1.82, 2.24) is 25.3 Å². The molecule has 0 saturated carbocycles. The summed E-state index contributed by atoms with van der Waals surface area (Å²) in [6.45, 7) is 2.48. The molecule has 1 unspecified atom stereocenters. The van der Waals surface area contributed by atoms with E-state index in [1.165, 1.54) is 30.9 Å². The third-order valence-electron chi connectivity index (χ3n) is 5.84. The molecule has 3 aromatic rings. The highest BCUT2D eigenvalue weighted by atomic mass is 19.1. The Balaban J connectivity index is 1.72. The smallest absolute Gasteiger partial charge is 0.204 e. The molecule has 1 N–H and O–H groups in total. The summed E-state index contributed by atoms with van der Waals surface area (Å²) in [6.07, 6.45) is 6.44. The fourth-order valence-corrected chi connectivity index (χ4v) is 4.15. The van der Waals surface area contributed by atoms with E-state index < -0.39 is 11.8 Å². The van der Waals surface area contributed by atoms with Gasteiger partial charge in [0.2, 0.25) is 11.6 Å². The van der Waals surface area contributed by atoms with Crippen LogP contribution in [-0.2, 0) is 6.42 Å². The molecule has 7 nitrogen and oxygen atoms in total. The van der Waals surface area contributed by atoms with Crippen LogP contribution in [0.3, 0.4) is 0 Å². The first-order chi connectivity index (χ1) is 15.1. The number of benzene rings is 1. The molecule has 0 radical (unpaired) electrons. The maximum atomic E-state index is 14.2. The number of rotatable bonds is 6. The highest BCUT2D eigenvalue weighted by Gasteiger charge is 2.42. The van der Waals surface area contributed by atoms with E-state index in [-0.39, 0.29) is 35.0 Å². The Morgan fingerprint density at radius 2 is 1.42 bits per heavy atom. The van der Waals surface area contributed by atoms with Gasteiger partial charge in [0.05, 0.1) is 0 Å². The standard InChI is InChI=1S/C23H22FN5O2/c1-14-15(5-2-6-19(14)24)11-16-17(20(30)22-26-7-3-8-27-22)12-25-13-18(16)21(31)23-28-9-4-10-29-23/h2-10,16-18,25H,11-13H2,1H3/t16?,17-,18+. The lowest BCUT2D eigenvalue weighted by molar-refractivity contribution is 0.0670. The SMILES string of the molecule is Cc1c(F)cccc1CC1[C@@H](C(=O)c2ncccn2)CNC[C@H]1C(=O)c1ncccn1. The van der Waals surface area contributed by atoms with Crippen LogP contribution in [0.1, 0.15) is 32.4 Å². The molecule has 8 heteroatoms. The summed E-state index contributed by atoms with van der Waals surface area (Å²) in [5.74, 6) is -2.03. The highest BCUT2D eigenvalue weighted by molar-refractivity contribution is 5.98. The van der Waals surface area contributed by atoms with E-state index in [0.29, 0.717) is 25.1 Å². The number of ketones is 2. The molecular weight excluding hydrogens is 397 g/mol. The summed E-state index contributed by atoms with van der Waals surface area (Å²) in [6, 6.07) is 8.17. The molecule has 1 aliphatic rings. The van der Waals surface area contributed by atoms with Crippen molar-refractivity contribution in [3.05, 3.63) is 83.7 Å². The van der Waals surface area contributed by atoms with Gasteiger partial charge in [-0.3, -0.25) is 9.59 Å². The highest BCUT2D eigenvalue weighted by Crippen LogP contribution is 2.33. The van der Waals surface area contributed by atoms with Gasteiger partial charge >= 0.3 is 0 Å². The van der Waals surface area contributed by atoms with Gasteiger partial charge in [-0.15, -0.1) is 0 Å².